The second-order valence-electron chi connectivity index (χ2n) is 5.52. The molecule has 2 aromatic rings. The number of anilines is 1. The fraction of sp³-hybridized carbons (Fsp3) is 0.176. The Kier molecular flexibility index (Phi) is 5.59. The summed E-state index contributed by atoms with van der Waals surface area (Å²) in [7, 11) is 0. The van der Waals surface area contributed by atoms with E-state index in [0.717, 1.165) is 18.2 Å². The molecule has 146 valence electrons. The molecule has 1 aliphatic heterocycles. The molecule has 0 aliphatic carbocycles. The number of carbonyl (C=O) groups is 2. The van der Waals surface area contributed by atoms with Crippen molar-refractivity contribution >= 4 is 34.9 Å². The Bertz CT molecular complexity index is 967. The van der Waals surface area contributed by atoms with Gasteiger partial charge in [0, 0.05) is 11.1 Å². The van der Waals surface area contributed by atoms with Gasteiger partial charge in [0.2, 0.25) is 0 Å². The Hall–Kier alpha value is -3.40. The minimum atomic E-state index is -1.12. The molecule has 1 N–H and O–H groups in total. The van der Waals surface area contributed by atoms with Crippen LogP contribution < -0.4 is 14.8 Å². The van der Waals surface area contributed by atoms with E-state index in [0.29, 0.717) is 0 Å². The number of hydrogen-bond donors (Lipinski definition) is 1. The highest BCUT2D eigenvalue weighted by Crippen LogP contribution is 2.36. The van der Waals surface area contributed by atoms with Crippen LogP contribution in [0.1, 0.15) is 10.4 Å². The summed E-state index contributed by atoms with van der Waals surface area (Å²) in [6, 6.07) is 5.77. The maximum Gasteiger partial charge on any atom is 0.345 e. The van der Waals surface area contributed by atoms with Crippen molar-refractivity contribution in [2.75, 3.05) is 25.1 Å². The Balaban J connectivity index is 1.70. The van der Waals surface area contributed by atoms with Crippen molar-refractivity contribution < 1.29 is 33.1 Å². The van der Waals surface area contributed by atoms with E-state index in [9.17, 15) is 24.1 Å². The lowest BCUT2D eigenvalue weighted by Gasteiger charge is -2.18. The van der Waals surface area contributed by atoms with Crippen LogP contribution in [0.15, 0.2) is 30.3 Å². The van der Waals surface area contributed by atoms with Gasteiger partial charge in [0.1, 0.15) is 24.6 Å². The predicted molar refractivity (Wildman–Crippen MR) is 94.4 cm³/mol. The molecule has 0 aromatic heterocycles. The van der Waals surface area contributed by atoms with Gasteiger partial charge in [-0.1, -0.05) is 11.6 Å². The lowest BCUT2D eigenvalue weighted by molar-refractivity contribution is -0.385. The lowest BCUT2D eigenvalue weighted by atomic mass is 10.1. The minimum Gasteiger partial charge on any atom is -0.486 e. The minimum absolute atomic E-state index is 0.130. The Morgan fingerprint density at radius 3 is 2.54 bits per heavy atom. The van der Waals surface area contributed by atoms with Gasteiger partial charge < -0.3 is 19.5 Å². The first-order valence-corrected chi connectivity index (χ1v) is 8.23. The van der Waals surface area contributed by atoms with Crippen LogP contribution in [0.5, 0.6) is 11.5 Å². The first-order chi connectivity index (χ1) is 13.3. The summed E-state index contributed by atoms with van der Waals surface area (Å²) in [6.45, 7) is -0.351. The molecule has 3 rings (SSSR count). The predicted octanol–water partition coefficient (Wildman–Crippen LogP) is 2.95. The molecule has 2 aromatic carbocycles. The van der Waals surface area contributed by atoms with Crippen LogP contribution in [0.4, 0.5) is 15.8 Å². The van der Waals surface area contributed by atoms with E-state index in [1.54, 1.807) is 0 Å². The number of carbonyl (C=O) groups excluding carboxylic acids is 2. The van der Waals surface area contributed by atoms with Crippen LogP contribution in [0.25, 0.3) is 0 Å². The standard InChI is InChI=1S/C17H12ClFN2O7/c18-9-1-2-12(11(19)5-9)20-16(22)8-28-17(23)10-6-14-15(27-4-3-26-14)7-13(10)21(24)25/h1-2,5-7H,3-4,8H2,(H,20,22). The average Bonchev–Trinajstić information content (AvgIpc) is 2.67. The van der Waals surface area contributed by atoms with Crippen LogP contribution in [-0.4, -0.2) is 36.6 Å². The molecule has 28 heavy (non-hydrogen) atoms. The van der Waals surface area contributed by atoms with E-state index >= 15 is 0 Å². The fourth-order valence-electron chi connectivity index (χ4n) is 2.38. The van der Waals surface area contributed by atoms with E-state index in [-0.39, 0.29) is 35.4 Å². The smallest absolute Gasteiger partial charge is 0.345 e. The number of nitro groups is 1. The third-order valence-electron chi connectivity index (χ3n) is 3.62. The van der Waals surface area contributed by atoms with Crippen molar-refractivity contribution in [2.24, 2.45) is 0 Å². The summed E-state index contributed by atoms with van der Waals surface area (Å²) < 4.78 is 29.0. The molecular weight excluding hydrogens is 399 g/mol. The van der Waals surface area contributed by atoms with Crippen LogP contribution in [-0.2, 0) is 9.53 Å². The van der Waals surface area contributed by atoms with Crippen molar-refractivity contribution in [3.63, 3.8) is 0 Å². The maximum absolute atomic E-state index is 13.7. The Morgan fingerprint density at radius 1 is 1.21 bits per heavy atom. The second-order valence-corrected chi connectivity index (χ2v) is 5.96. The zero-order valence-corrected chi connectivity index (χ0v) is 14.8. The lowest BCUT2D eigenvalue weighted by Crippen LogP contribution is -2.22. The molecule has 1 heterocycles. The van der Waals surface area contributed by atoms with Crippen molar-refractivity contribution in [1.29, 1.82) is 0 Å². The maximum atomic E-state index is 13.7. The highest BCUT2D eigenvalue weighted by atomic mass is 35.5. The van der Waals surface area contributed by atoms with Gasteiger partial charge in [-0.05, 0) is 18.2 Å². The van der Waals surface area contributed by atoms with Gasteiger partial charge in [0.15, 0.2) is 18.1 Å². The zero-order valence-electron chi connectivity index (χ0n) is 14.1. The molecule has 0 saturated heterocycles. The second kappa shape index (κ2) is 8.09. The van der Waals surface area contributed by atoms with E-state index in [1.165, 1.54) is 12.1 Å². The third kappa shape index (κ3) is 4.29. The van der Waals surface area contributed by atoms with Gasteiger partial charge in [-0.2, -0.15) is 0 Å². The number of hydrogen-bond acceptors (Lipinski definition) is 7. The number of ether oxygens (including phenoxy) is 3. The number of nitro benzene ring substituents is 1. The Morgan fingerprint density at radius 2 is 1.89 bits per heavy atom. The van der Waals surface area contributed by atoms with Crippen LogP contribution in [0.2, 0.25) is 5.02 Å². The highest BCUT2D eigenvalue weighted by Gasteiger charge is 2.27. The summed E-state index contributed by atoms with van der Waals surface area (Å²) in [4.78, 5) is 34.5. The van der Waals surface area contributed by atoms with Gasteiger partial charge in [0.25, 0.3) is 11.6 Å². The van der Waals surface area contributed by atoms with E-state index < -0.39 is 40.5 Å². The van der Waals surface area contributed by atoms with Crippen LogP contribution in [0, 0.1) is 15.9 Å². The number of benzene rings is 2. The molecule has 0 fully saturated rings. The monoisotopic (exact) mass is 410 g/mol. The number of halogens is 2. The molecule has 0 spiro atoms. The molecule has 0 bridgehead atoms. The van der Waals surface area contributed by atoms with E-state index in [4.69, 9.17) is 25.8 Å². The first-order valence-electron chi connectivity index (χ1n) is 7.85. The summed E-state index contributed by atoms with van der Waals surface area (Å²) in [5.74, 6) is -2.44. The third-order valence-corrected chi connectivity index (χ3v) is 3.85. The molecule has 1 amide bonds. The number of rotatable bonds is 5. The zero-order chi connectivity index (χ0) is 20.3. The molecule has 1 aliphatic rings. The van der Waals surface area contributed by atoms with Crippen molar-refractivity contribution in [1.82, 2.24) is 0 Å². The molecular formula is C17H12ClFN2O7. The summed E-state index contributed by atoms with van der Waals surface area (Å²) >= 11 is 5.62. The number of nitrogens with one attached hydrogen (secondary N) is 1. The molecule has 0 unspecified atom stereocenters. The van der Waals surface area contributed by atoms with Gasteiger partial charge in [0.05, 0.1) is 16.7 Å². The summed E-state index contributed by atoms with van der Waals surface area (Å²) in [5.41, 5.74) is -1.12. The first kappa shape index (κ1) is 19.4. The van der Waals surface area contributed by atoms with Crippen molar-refractivity contribution in [3.05, 3.63) is 56.8 Å². The van der Waals surface area contributed by atoms with Gasteiger partial charge in [-0.25, -0.2) is 9.18 Å². The topological polar surface area (TPSA) is 117 Å². The van der Waals surface area contributed by atoms with E-state index in [1.807, 2.05) is 0 Å². The number of fused-ring (bicyclic) bond motifs is 1. The van der Waals surface area contributed by atoms with E-state index in [2.05, 4.69) is 5.32 Å². The SMILES string of the molecule is O=C(COC(=O)c1cc2c(cc1[N+](=O)[O-])OCCO2)Nc1ccc(Cl)cc1F. The van der Waals surface area contributed by atoms with Crippen molar-refractivity contribution in [3.8, 4) is 11.5 Å². The normalized spacial score (nSPS) is 12.2. The van der Waals surface area contributed by atoms with Crippen LogP contribution in [0.3, 0.4) is 0 Å². The largest absolute Gasteiger partial charge is 0.486 e. The fourth-order valence-corrected chi connectivity index (χ4v) is 2.54. The van der Waals surface area contributed by atoms with Gasteiger partial charge >= 0.3 is 5.97 Å². The highest BCUT2D eigenvalue weighted by molar-refractivity contribution is 6.30. The molecule has 0 radical (unpaired) electrons. The molecule has 11 heteroatoms. The summed E-state index contributed by atoms with van der Waals surface area (Å²) in [6.07, 6.45) is 0. The van der Waals surface area contributed by atoms with Gasteiger partial charge in [-0.15, -0.1) is 0 Å². The average molecular weight is 411 g/mol. The quantitative estimate of drug-likeness (QED) is 0.457. The molecule has 0 atom stereocenters. The molecule has 9 nitrogen and oxygen atoms in total. The van der Waals surface area contributed by atoms with Crippen LogP contribution >= 0.6 is 11.6 Å². The van der Waals surface area contributed by atoms with Gasteiger partial charge in [-0.3, -0.25) is 14.9 Å². The molecule has 0 saturated carbocycles. The number of esters is 1. The van der Waals surface area contributed by atoms with Crippen molar-refractivity contribution in [2.45, 2.75) is 0 Å². The number of amides is 1. The Labute approximate surface area is 162 Å². The number of nitrogens with zero attached hydrogens (tertiary/aromatic N) is 1. The summed E-state index contributed by atoms with van der Waals surface area (Å²) in [5, 5.41) is 13.6.